The van der Waals surface area contributed by atoms with Crippen LogP contribution in [0.1, 0.15) is 48.3 Å². The lowest BCUT2D eigenvalue weighted by Gasteiger charge is -2.25. The first-order valence-electron chi connectivity index (χ1n) is 6.76. The van der Waals surface area contributed by atoms with Gasteiger partial charge >= 0.3 is 0 Å². The third-order valence-corrected chi connectivity index (χ3v) is 4.14. The van der Waals surface area contributed by atoms with E-state index >= 15 is 0 Å². The highest BCUT2D eigenvalue weighted by molar-refractivity contribution is 5.35. The van der Waals surface area contributed by atoms with E-state index in [0.717, 1.165) is 5.92 Å². The number of hydrogen-bond acceptors (Lipinski definition) is 1. The monoisotopic (exact) mass is 215 g/mol. The predicted octanol–water partition coefficient (Wildman–Crippen LogP) is 3.03. The Bertz CT molecular complexity index is 364. The molecule has 1 atom stereocenters. The molecule has 1 fully saturated rings. The molecule has 1 aromatic carbocycles. The Labute approximate surface area is 98.3 Å². The van der Waals surface area contributed by atoms with Crippen molar-refractivity contribution in [1.29, 1.82) is 0 Å². The maximum atomic E-state index is 3.51. The number of nitrogens with one attached hydrogen (secondary N) is 1. The molecular formula is C15H21N. The molecule has 0 saturated carbocycles. The Morgan fingerprint density at radius 3 is 2.69 bits per heavy atom. The van der Waals surface area contributed by atoms with Gasteiger partial charge in [0.2, 0.25) is 0 Å². The number of fused-ring (bicyclic) bond motifs is 1. The maximum Gasteiger partial charge on any atom is 0.00201 e. The standard InChI is InChI=1S/C15H21N/c1-2-5-13-10-14(8-7-12(13)4-1)15-6-3-9-16-11-15/h7-8,10,15-16H,1-6,9,11H2. The minimum atomic E-state index is 0.765. The van der Waals surface area contributed by atoms with Crippen LogP contribution in [0, 0.1) is 0 Å². The summed E-state index contributed by atoms with van der Waals surface area (Å²) in [6.07, 6.45) is 8.09. The van der Waals surface area contributed by atoms with Crippen molar-refractivity contribution in [3.8, 4) is 0 Å². The second-order valence-electron chi connectivity index (χ2n) is 5.28. The first-order valence-corrected chi connectivity index (χ1v) is 6.76. The van der Waals surface area contributed by atoms with Crippen LogP contribution in [0.25, 0.3) is 0 Å². The number of rotatable bonds is 1. The summed E-state index contributed by atoms with van der Waals surface area (Å²) in [4.78, 5) is 0. The normalized spacial score (nSPS) is 25.1. The molecule has 0 radical (unpaired) electrons. The van der Waals surface area contributed by atoms with Crippen LogP contribution in [0.5, 0.6) is 0 Å². The van der Waals surface area contributed by atoms with Gasteiger partial charge in [-0.25, -0.2) is 0 Å². The van der Waals surface area contributed by atoms with E-state index in [4.69, 9.17) is 0 Å². The van der Waals surface area contributed by atoms with E-state index < -0.39 is 0 Å². The smallest absolute Gasteiger partial charge is 0.00201 e. The molecule has 0 bridgehead atoms. The van der Waals surface area contributed by atoms with Crippen LogP contribution in [0.15, 0.2) is 18.2 Å². The summed E-state index contributed by atoms with van der Waals surface area (Å²) in [7, 11) is 0. The zero-order valence-corrected chi connectivity index (χ0v) is 9.97. The maximum absolute atomic E-state index is 3.51. The summed E-state index contributed by atoms with van der Waals surface area (Å²) in [6, 6.07) is 7.26. The van der Waals surface area contributed by atoms with E-state index in [0.29, 0.717) is 0 Å². The molecule has 16 heavy (non-hydrogen) atoms. The van der Waals surface area contributed by atoms with Gasteiger partial charge in [-0.05, 0) is 67.7 Å². The van der Waals surface area contributed by atoms with Gasteiger partial charge in [0, 0.05) is 6.54 Å². The molecule has 3 rings (SSSR count). The predicted molar refractivity (Wildman–Crippen MR) is 67.9 cm³/mol. The van der Waals surface area contributed by atoms with Crippen molar-refractivity contribution in [2.75, 3.05) is 13.1 Å². The van der Waals surface area contributed by atoms with Crippen LogP contribution in [-0.4, -0.2) is 13.1 Å². The highest BCUT2D eigenvalue weighted by atomic mass is 14.9. The minimum absolute atomic E-state index is 0.765. The first kappa shape index (κ1) is 10.3. The second-order valence-corrected chi connectivity index (χ2v) is 5.28. The molecule has 1 aromatic rings. The fraction of sp³-hybridized carbons (Fsp3) is 0.600. The fourth-order valence-corrected chi connectivity index (χ4v) is 3.14. The Balaban J connectivity index is 1.84. The molecule has 1 aliphatic carbocycles. The average Bonchev–Trinajstić information content (AvgIpc) is 2.39. The molecule has 1 N–H and O–H groups in total. The summed E-state index contributed by atoms with van der Waals surface area (Å²) in [6.45, 7) is 2.39. The Kier molecular flexibility index (Phi) is 2.96. The second kappa shape index (κ2) is 4.58. The van der Waals surface area contributed by atoms with E-state index in [9.17, 15) is 0 Å². The van der Waals surface area contributed by atoms with Crippen LogP contribution in [-0.2, 0) is 12.8 Å². The highest BCUT2D eigenvalue weighted by Crippen LogP contribution is 2.28. The number of piperidine rings is 1. The average molecular weight is 215 g/mol. The van der Waals surface area contributed by atoms with Gasteiger partial charge in [0.25, 0.3) is 0 Å². The molecule has 1 unspecified atom stereocenters. The van der Waals surface area contributed by atoms with E-state index in [1.807, 2.05) is 0 Å². The molecular weight excluding hydrogens is 194 g/mol. The van der Waals surface area contributed by atoms with Gasteiger partial charge in [0.1, 0.15) is 0 Å². The summed E-state index contributed by atoms with van der Waals surface area (Å²) in [5.74, 6) is 0.765. The number of aryl methyl sites for hydroxylation is 2. The lowest BCUT2D eigenvalue weighted by atomic mass is 9.85. The quantitative estimate of drug-likeness (QED) is 0.759. The van der Waals surface area contributed by atoms with Gasteiger partial charge in [-0.2, -0.15) is 0 Å². The van der Waals surface area contributed by atoms with Crippen molar-refractivity contribution >= 4 is 0 Å². The van der Waals surface area contributed by atoms with Crippen LogP contribution >= 0.6 is 0 Å². The van der Waals surface area contributed by atoms with E-state index in [2.05, 4.69) is 23.5 Å². The highest BCUT2D eigenvalue weighted by Gasteiger charge is 2.17. The topological polar surface area (TPSA) is 12.0 Å². The van der Waals surface area contributed by atoms with Crippen LogP contribution in [0.2, 0.25) is 0 Å². The van der Waals surface area contributed by atoms with Crippen LogP contribution in [0.3, 0.4) is 0 Å². The van der Waals surface area contributed by atoms with Crippen molar-refractivity contribution in [2.45, 2.75) is 44.4 Å². The summed E-state index contributed by atoms with van der Waals surface area (Å²) >= 11 is 0. The molecule has 86 valence electrons. The lowest BCUT2D eigenvalue weighted by Crippen LogP contribution is -2.28. The zero-order valence-electron chi connectivity index (χ0n) is 9.97. The van der Waals surface area contributed by atoms with Gasteiger partial charge in [-0.3, -0.25) is 0 Å². The SMILES string of the molecule is c1cc2c(cc1C1CCCNC1)CCCC2. The van der Waals surface area contributed by atoms with Gasteiger partial charge in [-0.15, -0.1) is 0 Å². The van der Waals surface area contributed by atoms with Crippen LogP contribution in [0.4, 0.5) is 0 Å². The molecule has 2 aliphatic rings. The van der Waals surface area contributed by atoms with Gasteiger partial charge < -0.3 is 5.32 Å². The largest absolute Gasteiger partial charge is 0.316 e. The Morgan fingerprint density at radius 2 is 1.88 bits per heavy atom. The molecule has 1 saturated heterocycles. The van der Waals surface area contributed by atoms with Crippen LogP contribution < -0.4 is 5.32 Å². The summed E-state index contributed by atoms with van der Waals surface area (Å²) in [5, 5.41) is 3.51. The lowest BCUT2D eigenvalue weighted by molar-refractivity contribution is 0.461. The van der Waals surface area contributed by atoms with Crippen molar-refractivity contribution in [1.82, 2.24) is 5.32 Å². The Morgan fingerprint density at radius 1 is 1.00 bits per heavy atom. The van der Waals surface area contributed by atoms with E-state index in [-0.39, 0.29) is 0 Å². The number of benzene rings is 1. The van der Waals surface area contributed by atoms with E-state index in [1.165, 1.54) is 51.6 Å². The summed E-state index contributed by atoms with van der Waals surface area (Å²) in [5.41, 5.74) is 4.82. The van der Waals surface area contributed by atoms with Gasteiger partial charge in [-0.1, -0.05) is 18.2 Å². The molecule has 0 spiro atoms. The summed E-state index contributed by atoms with van der Waals surface area (Å²) < 4.78 is 0. The fourth-order valence-electron chi connectivity index (χ4n) is 3.14. The minimum Gasteiger partial charge on any atom is -0.316 e. The molecule has 1 aliphatic heterocycles. The van der Waals surface area contributed by atoms with Gasteiger partial charge in [0.05, 0.1) is 0 Å². The Hall–Kier alpha value is -0.820. The molecule has 1 heteroatoms. The third-order valence-electron chi connectivity index (χ3n) is 4.14. The van der Waals surface area contributed by atoms with Crippen molar-refractivity contribution in [3.05, 3.63) is 34.9 Å². The third kappa shape index (κ3) is 2.01. The first-order chi connectivity index (χ1) is 7.93. The molecule has 1 heterocycles. The zero-order chi connectivity index (χ0) is 10.8. The van der Waals surface area contributed by atoms with Gasteiger partial charge in [0.15, 0.2) is 0 Å². The molecule has 1 nitrogen and oxygen atoms in total. The van der Waals surface area contributed by atoms with Crippen molar-refractivity contribution in [3.63, 3.8) is 0 Å². The van der Waals surface area contributed by atoms with Crippen molar-refractivity contribution in [2.24, 2.45) is 0 Å². The van der Waals surface area contributed by atoms with Crippen molar-refractivity contribution < 1.29 is 0 Å². The molecule has 0 amide bonds. The number of hydrogen-bond donors (Lipinski definition) is 1. The molecule has 0 aromatic heterocycles. The van der Waals surface area contributed by atoms with E-state index in [1.54, 1.807) is 16.7 Å².